The lowest BCUT2D eigenvalue weighted by atomic mass is 10.1. The number of halogens is 2. The van der Waals surface area contributed by atoms with E-state index in [4.69, 9.17) is 4.74 Å². The van der Waals surface area contributed by atoms with Crippen LogP contribution in [0.25, 0.3) is 0 Å². The van der Waals surface area contributed by atoms with Crippen LogP contribution in [0.5, 0.6) is 5.75 Å². The highest BCUT2D eigenvalue weighted by molar-refractivity contribution is 5.73. The molecular formula is C22H29F2N3O2. The van der Waals surface area contributed by atoms with E-state index in [1.165, 1.54) is 0 Å². The predicted octanol–water partition coefficient (Wildman–Crippen LogP) is 4.21. The summed E-state index contributed by atoms with van der Waals surface area (Å²) < 4.78 is 29.5. The summed E-state index contributed by atoms with van der Waals surface area (Å²) >= 11 is 0. The lowest BCUT2D eigenvalue weighted by Crippen LogP contribution is -2.42. The first-order chi connectivity index (χ1) is 14.0. The summed E-state index contributed by atoms with van der Waals surface area (Å²) in [7, 11) is 0. The molecule has 2 aromatic rings. The summed E-state index contributed by atoms with van der Waals surface area (Å²) in [6.45, 7) is 6.07. The van der Waals surface area contributed by atoms with Crippen molar-refractivity contribution in [1.29, 1.82) is 0 Å². The largest absolute Gasteiger partial charge is 0.488 e. The topological polar surface area (TPSA) is 53.6 Å². The maximum absolute atomic E-state index is 12.3. The van der Waals surface area contributed by atoms with Crippen LogP contribution >= 0.6 is 0 Å². The Labute approximate surface area is 171 Å². The molecule has 0 bridgehead atoms. The Hall–Kier alpha value is -2.67. The summed E-state index contributed by atoms with van der Waals surface area (Å²) in [4.78, 5) is 14.6. The Kier molecular flexibility index (Phi) is 9.37. The number of carbonyl (C=O) groups excluding carboxylic acids is 1. The molecule has 7 heteroatoms. The molecule has 0 fully saturated rings. The second-order valence-corrected chi connectivity index (χ2v) is 6.56. The molecule has 2 rings (SSSR count). The molecule has 0 aliphatic carbocycles. The molecule has 0 radical (unpaired) electrons. The number of nitrogens with zero attached hydrogens (tertiary/aromatic N) is 1. The molecule has 0 aliphatic heterocycles. The summed E-state index contributed by atoms with van der Waals surface area (Å²) in [5.74, 6) is 0.357. The molecule has 1 atom stereocenters. The van der Waals surface area contributed by atoms with Gasteiger partial charge in [0, 0.05) is 13.1 Å². The number of hydrogen-bond donors (Lipinski definition) is 2. The number of carbonyl (C=O) groups is 1. The number of hydrogen-bond acceptors (Lipinski definition) is 3. The average Bonchev–Trinajstić information content (AvgIpc) is 2.74. The number of alkyl halides is 2. The quantitative estimate of drug-likeness (QED) is 0.589. The Balaban J connectivity index is 1.88. The van der Waals surface area contributed by atoms with E-state index in [0.717, 1.165) is 24.2 Å². The van der Waals surface area contributed by atoms with Crippen LogP contribution in [0.3, 0.4) is 0 Å². The van der Waals surface area contributed by atoms with Crippen molar-refractivity contribution in [2.45, 2.75) is 32.9 Å². The summed E-state index contributed by atoms with van der Waals surface area (Å²) in [5.41, 5.74) is 1.93. The third-order valence-corrected chi connectivity index (χ3v) is 4.62. The standard InChI is InChI=1S/C22H29F2N3O2/c1-3-27(4-2)20(18-10-6-5-7-11-18)15-26-22(28)25-14-17-9-8-12-19(13-17)29-16-21(23)24/h5-13,20-21H,3-4,14-16H2,1-2H3,(H2,25,26,28). The van der Waals surface area contributed by atoms with Gasteiger partial charge in [-0.05, 0) is 36.3 Å². The maximum atomic E-state index is 12.3. The molecule has 0 heterocycles. The maximum Gasteiger partial charge on any atom is 0.315 e. The van der Waals surface area contributed by atoms with Crippen molar-refractivity contribution < 1.29 is 18.3 Å². The van der Waals surface area contributed by atoms with Gasteiger partial charge in [-0.1, -0.05) is 56.3 Å². The second kappa shape index (κ2) is 12.0. The normalized spacial score (nSPS) is 12.1. The van der Waals surface area contributed by atoms with Crippen molar-refractivity contribution in [1.82, 2.24) is 15.5 Å². The number of amides is 2. The lowest BCUT2D eigenvalue weighted by molar-refractivity contribution is 0.0818. The molecule has 2 N–H and O–H groups in total. The van der Waals surface area contributed by atoms with Crippen molar-refractivity contribution >= 4 is 6.03 Å². The van der Waals surface area contributed by atoms with Crippen molar-refractivity contribution in [2.75, 3.05) is 26.2 Å². The van der Waals surface area contributed by atoms with Crippen LogP contribution in [-0.4, -0.2) is 43.6 Å². The van der Waals surface area contributed by atoms with E-state index in [9.17, 15) is 13.6 Å². The molecule has 0 saturated carbocycles. The van der Waals surface area contributed by atoms with Gasteiger partial charge in [-0.25, -0.2) is 13.6 Å². The van der Waals surface area contributed by atoms with E-state index in [0.29, 0.717) is 12.3 Å². The zero-order chi connectivity index (χ0) is 21.1. The van der Waals surface area contributed by atoms with Crippen molar-refractivity contribution in [3.05, 3.63) is 65.7 Å². The Bertz CT molecular complexity index is 740. The van der Waals surface area contributed by atoms with Crippen LogP contribution in [-0.2, 0) is 6.54 Å². The van der Waals surface area contributed by atoms with Crippen molar-refractivity contribution in [2.24, 2.45) is 0 Å². The van der Waals surface area contributed by atoms with Gasteiger partial charge in [0.2, 0.25) is 0 Å². The van der Waals surface area contributed by atoms with Crippen LogP contribution in [0.2, 0.25) is 0 Å². The number of rotatable bonds is 11. The number of benzene rings is 2. The third-order valence-electron chi connectivity index (χ3n) is 4.62. The third kappa shape index (κ3) is 7.69. The molecule has 158 valence electrons. The Morgan fingerprint density at radius 2 is 1.76 bits per heavy atom. The Morgan fingerprint density at radius 3 is 2.41 bits per heavy atom. The van der Waals surface area contributed by atoms with Crippen LogP contribution in [0, 0.1) is 0 Å². The van der Waals surface area contributed by atoms with Gasteiger partial charge in [0.25, 0.3) is 6.43 Å². The van der Waals surface area contributed by atoms with Crippen LogP contribution < -0.4 is 15.4 Å². The number of ether oxygens (including phenoxy) is 1. The highest BCUT2D eigenvalue weighted by atomic mass is 19.3. The summed E-state index contributed by atoms with van der Waals surface area (Å²) in [5, 5.41) is 5.73. The minimum Gasteiger partial charge on any atom is -0.488 e. The number of likely N-dealkylation sites (N-methyl/N-ethyl adjacent to an activating group) is 1. The van der Waals surface area contributed by atoms with Gasteiger partial charge in [-0.3, -0.25) is 4.90 Å². The fourth-order valence-corrected chi connectivity index (χ4v) is 3.14. The molecule has 2 aromatic carbocycles. The molecule has 29 heavy (non-hydrogen) atoms. The van der Waals surface area contributed by atoms with E-state index >= 15 is 0 Å². The minimum absolute atomic E-state index is 0.0861. The smallest absolute Gasteiger partial charge is 0.315 e. The van der Waals surface area contributed by atoms with Crippen LogP contribution in [0.15, 0.2) is 54.6 Å². The first-order valence-corrected chi connectivity index (χ1v) is 9.84. The lowest BCUT2D eigenvalue weighted by Gasteiger charge is -2.30. The Morgan fingerprint density at radius 1 is 1.03 bits per heavy atom. The van der Waals surface area contributed by atoms with Crippen LogP contribution in [0.1, 0.15) is 31.0 Å². The van der Waals surface area contributed by atoms with E-state index in [2.05, 4.69) is 41.5 Å². The zero-order valence-electron chi connectivity index (χ0n) is 16.9. The van der Waals surface area contributed by atoms with E-state index in [-0.39, 0.29) is 18.6 Å². The highest BCUT2D eigenvalue weighted by Gasteiger charge is 2.18. The SMILES string of the molecule is CCN(CC)C(CNC(=O)NCc1cccc(OCC(F)F)c1)c1ccccc1. The van der Waals surface area contributed by atoms with Gasteiger partial charge in [-0.2, -0.15) is 0 Å². The first kappa shape index (κ1) is 22.6. The monoisotopic (exact) mass is 405 g/mol. The minimum atomic E-state index is -2.52. The average molecular weight is 405 g/mol. The fourth-order valence-electron chi connectivity index (χ4n) is 3.14. The molecule has 0 aliphatic rings. The van der Waals surface area contributed by atoms with Gasteiger partial charge in [-0.15, -0.1) is 0 Å². The molecule has 0 aromatic heterocycles. The molecule has 0 spiro atoms. The first-order valence-electron chi connectivity index (χ1n) is 9.84. The molecular weight excluding hydrogens is 376 g/mol. The van der Waals surface area contributed by atoms with Gasteiger partial charge < -0.3 is 15.4 Å². The van der Waals surface area contributed by atoms with Gasteiger partial charge in [0.05, 0.1) is 6.04 Å². The van der Waals surface area contributed by atoms with Gasteiger partial charge in [0.15, 0.2) is 0 Å². The second-order valence-electron chi connectivity index (χ2n) is 6.56. The predicted molar refractivity (Wildman–Crippen MR) is 110 cm³/mol. The number of urea groups is 1. The zero-order valence-corrected chi connectivity index (χ0v) is 16.9. The van der Waals surface area contributed by atoms with Crippen LogP contribution in [0.4, 0.5) is 13.6 Å². The van der Waals surface area contributed by atoms with E-state index < -0.39 is 13.0 Å². The van der Waals surface area contributed by atoms with E-state index in [1.807, 2.05) is 18.2 Å². The molecule has 1 unspecified atom stereocenters. The van der Waals surface area contributed by atoms with Crippen molar-refractivity contribution in [3.63, 3.8) is 0 Å². The highest BCUT2D eigenvalue weighted by Crippen LogP contribution is 2.19. The molecule has 2 amide bonds. The molecule has 5 nitrogen and oxygen atoms in total. The van der Waals surface area contributed by atoms with Gasteiger partial charge in [0.1, 0.15) is 12.4 Å². The molecule has 0 saturated heterocycles. The van der Waals surface area contributed by atoms with Gasteiger partial charge >= 0.3 is 6.03 Å². The fraction of sp³-hybridized carbons (Fsp3) is 0.409. The number of nitrogens with one attached hydrogen (secondary N) is 2. The van der Waals surface area contributed by atoms with E-state index in [1.54, 1.807) is 24.3 Å². The van der Waals surface area contributed by atoms with Crippen molar-refractivity contribution in [3.8, 4) is 5.75 Å². The summed E-state index contributed by atoms with van der Waals surface area (Å²) in [6, 6.07) is 16.7. The summed E-state index contributed by atoms with van der Waals surface area (Å²) in [6.07, 6.45) is -2.52.